The molecule has 3 nitrogen and oxygen atoms in total. The van der Waals surface area contributed by atoms with Gasteiger partial charge in [0.1, 0.15) is 0 Å². The van der Waals surface area contributed by atoms with Gasteiger partial charge < -0.3 is 11.1 Å². The van der Waals surface area contributed by atoms with Crippen molar-refractivity contribution >= 4 is 29.1 Å². The third-order valence-corrected chi connectivity index (χ3v) is 4.60. The van der Waals surface area contributed by atoms with Crippen molar-refractivity contribution in [3.8, 4) is 11.1 Å². The number of nitrogens with one attached hydrogen (secondary N) is 1. The Labute approximate surface area is 153 Å². The SMILES string of the molecule is CCCC(N)C(=O)NCCc1ccc(-c2ccc(Cl)c(Cl)c2)cc1. The number of amides is 1. The Morgan fingerprint density at radius 3 is 2.38 bits per heavy atom. The second kappa shape index (κ2) is 9.07. The Hall–Kier alpha value is -1.55. The van der Waals surface area contributed by atoms with Crippen molar-refractivity contribution in [2.24, 2.45) is 5.73 Å². The first kappa shape index (κ1) is 18.8. The van der Waals surface area contributed by atoms with Crippen LogP contribution in [-0.4, -0.2) is 18.5 Å². The van der Waals surface area contributed by atoms with Crippen LogP contribution >= 0.6 is 23.2 Å². The van der Waals surface area contributed by atoms with Crippen LogP contribution in [0.1, 0.15) is 25.3 Å². The average molecular weight is 365 g/mol. The van der Waals surface area contributed by atoms with Crippen LogP contribution < -0.4 is 11.1 Å². The van der Waals surface area contributed by atoms with Gasteiger partial charge in [-0.3, -0.25) is 4.79 Å². The molecule has 2 aromatic rings. The summed E-state index contributed by atoms with van der Waals surface area (Å²) >= 11 is 12.0. The standard InChI is InChI=1S/C19H22Cl2N2O/c1-2-3-18(22)19(24)23-11-10-13-4-6-14(7-5-13)15-8-9-16(20)17(21)12-15/h4-9,12,18H,2-3,10-11,22H2,1H3,(H,23,24). The summed E-state index contributed by atoms with van der Waals surface area (Å²) in [5, 5.41) is 3.98. The van der Waals surface area contributed by atoms with E-state index in [2.05, 4.69) is 17.4 Å². The number of benzene rings is 2. The van der Waals surface area contributed by atoms with Crippen LogP contribution in [0.2, 0.25) is 10.0 Å². The summed E-state index contributed by atoms with van der Waals surface area (Å²) in [6, 6.07) is 13.4. The van der Waals surface area contributed by atoms with Crippen LogP contribution in [0.5, 0.6) is 0 Å². The van der Waals surface area contributed by atoms with Gasteiger partial charge in [-0.05, 0) is 41.7 Å². The zero-order chi connectivity index (χ0) is 17.5. The predicted molar refractivity (Wildman–Crippen MR) is 101 cm³/mol. The summed E-state index contributed by atoms with van der Waals surface area (Å²) in [5.41, 5.74) is 9.04. The Kier molecular flexibility index (Phi) is 7.10. The van der Waals surface area contributed by atoms with Gasteiger partial charge in [-0.1, -0.05) is 66.9 Å². The molecule has 0 fully saturated rings. The minimum absolute atomic E-state index is 0.0794. The second-order valence-corrected chi connectivity index (χ2v) is 6.58. The van der Waals surface area contributed by atoms with Crippen molar-refractivity contribution in [2.75, 3.05) is 6.54 Å². The third kappa shape index (κ3) is 5.23. The molecule has 1 atom stereocenters. The molecule has 0 bridgehead atoms. The lowest BCUT2D eigenvalue weighted by atomic mass is 10.0. The summed E-state index contributed by atoms with van der Waals surface area (Å²) in [7, 11) is 0. The predicted octanol–water partition coefficient (Wildman–Crippen LogP) is 4.45. The van der Waals surface area contributed by atoms with E-state index in [1.54, 1.807) is 6.07 Å². The smallest absolute Gasteiger partial charge is 0.236 e. The molecule has 0 saturated heterocycles. The van der Waals surface area contributed by atoms with Crippen LogP contribution in [-0.2, 0) is 11.2 Å². The average Bonchev–Trinajstić information content (AvgIpc) is 2.58. The molecule has 0 spiro atoms. The first-order valence-electron chi connectivity index (χ1n) is 8.09. The van der Waals surface area contributed by atoms with E-state index in [1.807, 2.05) is 31.2 Å². The number of hydrogen-bond donors (Lipinski definition) is 2. The molecule has 24 heavy (non-hydrogen) atoms. The highest BCUT2D eigenvalue weighted by Gasteiger charge is 2.11. The first-order valence-corrected chi connectivity index (χ1v) is 8.84. The molecule has 1 amide bonds. The monoisotopic (exact) mass is 364 g/mol. The van der Waals surface area contributed by atoms with E-state index in [0.29, 0.717) is 23.0 Å². The molecule has 0 aliphatic carbocycles. The Morgan fingerprint density at radius 1 is 1.08 bits per heavy atom. The molecule has 2 rings (SSSR count). The Balaban J connectivity index is 1.90. The molecule has 0 aromatic heterocycles. The van der Waals surface area contributed by atoms with Crippen molar-refractivity contribution in [1.82, 2.24) is 5.32 Å². The quantitative estimate of drug-likeness (QED) is 0.762. The van der Waals surface area contributed by atoms with E-state index in [4.69, 9.17) is 28.9 Å². The van der Waals surface area contributed by atoms with E-state index in [1.165, 1.54) is 0 Å². The molecule has 3 N–H and O–H groups in total. The number of rotatable bonds is 7. The van der Waals surface area contributed by atoms with E-state index in [-0.39, 0.29) is 5.91 Å². The zero-order valence-electron chi connectivity index (χ0n) is 13.7. The Bertz CT molecular complexity index is 686. The van der Waals surface area contributed by atoms with Gasteiger partial charge in [-0.25, -0.2) is 0 Å². The molecule has 0 radical (unpaired) electrons. The summed E-state index contributed by atoms with van der Waals surface area (Å²) in [6.45, 7) is 2.60. The largest absolute Gasteiger partial charge is 0.354 e. The van der Waals surface area contributed by atoms with Crippen LogP contribution in [0.15, 0.2) is 42.5 Å². The summed E-state index contributed by atoms with van der Waals surface area (Å²) in [4.78, 5) is 11.8. The molecule has 128 valence electrons. The lowest BCUT2D eigenvalue weighted by Crippen LogP contribution is -2.41. The summed E-state index contributed by atoms with van der Waals surface area (Å²) in [5.74, 6) is -0.0794. The fourth-order valence-corrected chi connectivity index (χ4v) is 2.74. The lowest BCUT2D eigenvalue weighted by molar-refractivity contribution is -0.122. The number of halogens is 2. The molecule has 0 saturated carbocycles. The van der Waals surface area contributed by atoms with Crippen LogP contribution in [0.25, 0.3) is 11.1 Å². The molecule has 1 unspecified atom stereocenters. The van der Waals surface area contributed by atoms with Crippen molar-refractivity contribution in [3.05, 3.63) is 58.1 Å². The third-order valence-electron chi connectivity index (χ3n) is 3.86. The van der Waals surface area contributed by atoms with Gasteiger partial charge in [0.15, 0.2) is 0 Å². The van der Waals surface area contributed by atoms with Crippen molar-refractivity contribution in [3.63, 3.8) is 0 Å². The molecular formula is C19H22Cl2N2O. The number of carbonyl (C=O) groups is 1. The van der Waals surface area contributed by atoms with E-state index < -0.39 is 6.04 Å². The number of hydrogen-bond acceptors (Lipinski definition) is 2. The van der Waals surface area contributed by atoms with E-state index >= 15 is 0 Å². The molecule has 2 aromatic carbocycles. The second-order valence-electron chi connectivity index (χ2n) is 5.76. The fraction of sp³-hybridized carbons (Fsp3) is 0.316. The Morgan fingerprint density at radius 2 is 1.75 bits per heavy atom. The van der Waals surface area contributed by atoms with E-state index in [0.717, 1.165) is 29.5 Å². The van der Waals surface area contributed by atoms with Gasteiger partial charge in [0.05, 0.1) is 16.1 Å². The fourth-order valence-electron chi connectivity index (χ4n) is 2.44. The van der Waals surface area contributed by atoms with Crippen LogP contribution in [0.3, 0.4) is 0 Å². The van der Waals surface area contributed by atoms with Gasteiger partial charge in [-0.15, -0.1) is 0 Å². The number of carbonyl (C=O) groups excluding carboxylic acids is 1. The minimum Gasteiger partial charge on any atom is -0.354 e. The van der Waals surface area contributed by atoms with Crippen LogP contribution in [0.4, 0.5) is 0 Å². The van der Waals surface area contributed by atoms with Crippen molar-refractivity contribution in [1.29, 1.82) is 0 Å². The summed E-state index contributed by atoms with van der Waals surface area (Å²) < 4.78 is 0. The maximum absolute atomic E-state index is 11.8. The molecule has 0 aliphatic rings. The molecular weight excluding hydrogens is 343 g/mol. The lowest BCUT2D eigenvalue weighted by Gasteiger charge is -2.11. The van der Waals surface area contributed by atoms with E-state index in [9.17, 15) is 4.79 Å². The zero-order valence-corrected chi connectivity index (χ0v) is 15.2. The summed E-state index contributed by atoms with van der Waals surface area (Å²) in [6.07, 6.45) is 2.39. The van der Waals surface area contributed by atoms with Crippen molar-refractivity contribution < 1.29 is 4.79 Å². The molecule has 0 heterocycles. The topological polar surface area (TPSA) is 55.1 Å². The minimum atomic E-state index is -0.410. The van der Waals surface area contributed by atoms with Gasteiger partial charge >= 0.3 is 0 Å². The first-order chi connectivity index (χ1) is 11.5. The van der Waals surface area contributed by atoms with Crippen LogP contribution in [0, 0.1) is 0 Å². The molecule has 5 heteroatoms. The highest BCUT2D eigenvalue weighted by molar-refractivity contribution is 6.42. The normalized spacial score (nSPS) is 12.0. The van der Waals surface area contributed by atoms with Gasteiger partial charge in [0.25, 0.3) is 0 Å². The number of nitrogens with two attached hydrogens (primary N) is 1. The highest BCUT2D eigenvalue weighted by Crippen LogP contribution is 2.28. The van der Waals surface area contributed by atoms with Gasteiger partial charge in [0, 0.05) is 6.54 Å². The maximum Gasteiger partial charge on any atom is 0.236 e. The highest BCUT2D eigenvalue weighted by atomic mass is 35.5. The molecule has 0 aliphatic heterocycles. The van der Waals surface area contributed by atoms with Gasteiger partial charge in [-0.2, -0.15) is 0 Å². The van der Waals surface area contributed by atoms with Gasteiger partial charge in [0.2, 0.25) is 5.91 Å². The maximum atomic E-state index is 11.8. The van der Waals surface area contributed by atoms with Crippen molar-refractivity contribution in [2.45, 2.75) is 32.2 Å².